The fourth-order valence-corrected chi connectivity index (χ4v) is 7.75. The maximum atomic E-state index is 14.9. The van der Waals surface area contributed by atoms with Crippen LogP contribution in [0.5, 0.6) is 11.5 Å². The van der Waals surface area contributed by atoms with E-state index >= 15 is 0 Å². The summed E-state index contributed by atoms with van der Waals surface area (Å²) in [7, 11) is 4.60. The molecule has 0 radical (unpaired) electrons. The first kappa shape index (κ1) is 47.0. The van der Waals surface area contributed by atoms with E-state index in [1.165, 1.54) is 26.2 Å². The van der Waals surface area contributed by atoms with Crippen LogP contribution in [0.3, 0.4) is 0 Å². The number of unbranched alkanes of at least 4 members (excludes halogenated alkanes) is 1. The molecule has 4 atom stereocenters. The van der Waals surface area contributed by atoms with E-state index in [9.17, 15) is 28.8 Å². The Hall–Kier alpha value is -6.01. The summed E-state index contributed by atoms with van der Waals surface area (Å²) in [4.78, 5) is 82.7. The number of alkyl carbamates (subject to hydrolysis) is 1. The number of nitrogens with zero attached hydrogens (tertiary/aromatic N) is 1. The minimum Gasteiger partial charge on any atom is -0.496 e. The molecule has 4 aromatic rings. The molecule has 12 nitrogen and oxygen atoms in total. The Bertz CT molecular complexity index is 2250. The number of nitrogens with one attached hydrogen (secondary N) is 2. The lowest BCUT2D eigenvalue weighted by atomic mass is 9.88. The van der Waals surface area contributed by atoms with E-state index in [-0.39, 0.29) is 38.0 Å². The van der Waals surface area contributed by atoms with Crippen molar-refractivity contribution in [1.82, 2.24) is 15.5 Å². The molecule has 5 rings (SSSR count). The van der Waals surface area contributed by atoms with Crippen molar-refractivity contribution >= 4 is 47.4 Å². The van der Waals surface area contributed by atoms with Crippen LogP contribution in [0.1, 0.15) is 87.3 Å². The van der Waals surface area contributed by atoms with Crippen molar-refractivity contribution in [3.63, 3.8) is 0 Å². The van der Waals surface area contributed by atoms with Crippen molar-refractivity contribution in [2.75, 3.05) is 27.8 Å². The molecule has 3 amide bonds. The van der Waals surface area contributed by atoms with Crippen molar-refractivity contribution in [2.24, 2.45) is 11.8 Å². The molecule has 328 valence electrons. The van der Waals surface area contributed by atoms with Crippen molar-refractivity contribution in [2.45, 2.75) is 83.9 Å². The third kappa shape index (κ3) is 12.3. The summed E-state index contributed by atoms with van der Waals surface area (Å²) in [5.41, 5.74) is 4.01. The molecule has 4 bridgehead atoms. The van der Waals surface area contributed by atoms with Gasteiger partial charge in [0.1, 0.15) is 29.4 Å². The Morgan fingerprint density at radius 3 is 2.10 bits per heavy atom. The van der Waals surface area contributed by atoms with Crippen molar-refractivity contribution in [3.05, 3.63) is 107 Å². The van der Waals surface area contributed by atoms with Gasteiger partial charge in [0.15, 0.2) is 11.6 Å². The predicted molar refractivity (Wildman–Crippen MR) is 238 cm³/mol. The molecule has 13 heteroatoms. The number of likely N-dealkylation sites (N-methyl/N-ethyl adjacent to an activating group) is 1. The van der Waals surface area contributed by atoms with Gasteiger partial charge < -0.3 is 34.5 Å². The van der Waals surface area contributed by atoms with Crippen LogP contribution in [0.4, 0.5) is 4.79 Å². The first-order valence-electron chi connectivity index (χ1n) is 20.8. The second-order valence-electron chi connectivity index (χ2n) is 16.7. The number of ketones is 2. The summed E-state index contributed by atoms with van der Waals surface area (Å²) in [6.07, 6.45) is 1.18. The summed E-state index contributed by atoms with van der Waals surface area (Å²) in [6, 6.07) is 23.1. The third-order valence-electron chi connectivity index (χ3n) is 10.8. The van der Waals surface area contributed by atoms with Crippen molar-refractivity contribution in [3.8, 4) is 33.8 Å². The minimum atomic E-state index is -1.17. The molecule has 0 fully saturated rings. The lowest BCUT2D eigenvalue weighted by Crippen LogP contribution is -2.43. The number of Topliss-reactive ketones (excluding diaryl/α,β-unsaturated/α-hetero) is 2. The number of aldehydes is 1. The lowest BCUT2D eigenvalue weighted by Gasteiger charge is -2.32. The number of hydrogen-bond donors (Lipinski definition) is 2. The Balaban J connectivity index is 1.50. The summed E-state index contributed by atoms with van der Waals surface area (Å²) in [5, 5.41) is 6.13. The predicted octanol–water partition coefficient (Wildman–Crippen LogP) is 8.61. The first-order chi connectivity index (χ1) is 29.5. The Morgan fingerprint density at radius 1 is 0.871 bits per heavy atom. The number of benzene rings is 4. The number of carbonyl (C=O) groups excluding carboxylic acids is 6. The molecular weight excluding hydrogens is 810 g/mol. The van der Waals surface area contributed by atoms with E-state index in [1.54, 1.807) is 76.2 Å². The highest BCUT2D eigenvalue weighted by Gasteiger charge is 2.36. The molecule has 1 aliphatic heterocycles. The highest BCUT2D eigenvalue weighted by molar-refractivity contribution is 6.30. The fourth-order valence-electron chi connectivity index (χ4n) is 7.62. The topological polar surface area (TPSA) is 157 Å². The Morgan fingerprint density at radius 2 is 1.48 bits per heavy atom. The fraction of sp³-hybridized carbons (Fsp3) is 0.388. The van der Waals surface area contributed by atoms with Crippen LogP contribution in [0.2, 0.25) is 5.02 Å². The van der Waals surface area contributed by atoms with Crippen LogP contribution in [-0.2, 0) is 30.3 Å². The van der Waals surface area contributed by atoms with Gasteiger partial charge in [-0.2, -0.15) is 0 Å². The summed E-state index contributed by atoms with van der Waals surface area (Å²) >= 11 is 6.08. The van der Waals surface area contributed by atoms with E-state index in [1.807, 2.05) is 36.4 Å². The third-order valence-corrected chi connectivity index (χ3v) is 11.1. The molecule has 1 aliphatic rings. The van der Waals surface area contributed by atoms with Crippen LogP contribution < -0.4 is 20.1 Å². The summed E-state index contributed by atoms with van der Waals surface area (Å²) < 4.78 is 16.9. The van der Waals surface area contributed by atoms with E-state index in [4.69, 9.17) is 25.8 Å². The second kappa shape index (κ2) is 21.2. The van der Waals surface area contributed by atoms with Gasteiger partial charge in [0.05, 0.1) is 20.3 Å². The summed E-state index contributed by atoms with van der Waals surface area (Å²) in [5.74, 6) is -2.29. The van der Waals surface area contributed by atoms with Crippen LogP contribution in [-0.4, -0.2) is 80.1 Å². The van der Waals surface area contributed by atoms with Gasteiger partial charge in [-0.1, -0.05) is 73.5 Å². The van der Waals surface area contributed by atoms with Crippen LogP contribution in [0.15, 0.2) is 84.9 Å². The number of amides is 3. The Kier molecular flexibility index (Phi) is 16.1. The maximum Gasteiger partial charge on any atom is 0.407 e. The van der Waals surface area contributed by atoms with Gasteiger partial charge in [-0.3, -0.25) is 19.2 Å². The molecule has 0 unspecified atom stereocenters. The van der Waals surface area contributed by atoms with Gasteiger partial charge in [0.25, 0.3) is 0 Å². The molecule has 0 saturated heterocycles. The van der Waals surface area contributed by atoms with Crippen molar-refractivity contribution < 1.29 is 43.0 Å². The number of fused-ring (bicyclic) bond motifs is 5. The number of methoxy groups -OCH3 is 2. The van der Waals surface area contributed by atoms with Crippen LogP contribution in [0.25, 0.3) is 22.3 Å². The largest absolute Gasteiger partial charge is 0.496 e. The van der Waals surface area contributed by atoms with Gasteiger partial charge in [-0.05, 0) is 98.7 Å². The number of carbonyl (C=O) groups is 6. The normalized spacial score (nSPS) is 17.1. The second-order valence-corrected chi connectivity index (χ2v) is 17.1. The minimum absolute atomic E-state index is 0.145. The summed E-state index contributed by atoms with van der Waals surface area (Å²) in [6.45, 7) is 7.22. The smallest absolute Gasteiger partial charge is 0.407 e. The molecule has 62 heavy (non-hydrogen) atoms. The highest BCUT2D eigenvalue weighted by atomic mass is 35.5. The zero-order valence-corrected chi connectivity index (χ0v) is 37.2. The SMILES string of the molecule is COc1ccc2cc1-c1cc(ccc1OC)[C@H](N(C)C(=O)[C@H](CCCCNC(=O)OC(C)(C)C)CC(=O)c1ccc(-c3ccc(Cl)cc3)cc1)C(=O)C[C@@H](C)C(=O)N[C@H](C=O)C2. The van der Waals surface area contributed by atoms with Crippen molar-refractivity contribution in [1.29, 1.82) is 0 Å². The first-order valence-corrected chi connectivity index (χ1v) is 21.2. The lowest BCUT2D eigenvalue weighted by molar-refractivity contribution is -0.142. The number of halogens is 1. The van der Waals surface area contributed by atoms with E-state index < -0.39 is 53.2 Å². The number of rotatable bonds is 14. The molecule has 0 spiro atoms. The number of hydrogen-bond acceptors (Lipinski definition) is 9. The molecule has 1 heterocycles. The van der Waals surface area contributed by atoms with E-state index in [0.717, 1.165) is 16.7 Å². The van der Waals surface area contributed by atoms with Gasteiger partial charge in [0.2, 0.25) is 11.8 Å². The molecule has 2 N–H and O–H groups in total. The monoisotopic (exact) mass is 865 g/mol. The zero-order chi connectivity index (χ0) is 45.1. The maximum absolute atomic E-state index is 14.9. The average molecular weight is 866 g/mol. The molecule has 4 aromatic carbocycles. The van der Waals surface area contributed by atoms with Crippen LogP contribution in [0, 0.1) is 11.8 Å². The van der Waals surface area contributed by atoms with Gasteiger partial charge in [-0.25, -0.2) is 4.79 Å². The quantitative estimate of drug-likeness (QED) is 0.0720. The van der Waals surface area contributed by atoms with Gasteiger partial charge in [0, 0.05) is 60.0 Å². The molecule has 0 aromatic heterocycles. The number of ether oxygens (including phenoxy) is 3. The van der Waals surface area contributed by atoms with Gasteiger partial charge >= 0.3 is 6.09 Å². The van der Waals surface area contributed by atoms with Gasteiger partial charge in [-0.15, -0.1) is 0 Å². The highest BCUT2D eigenvalue weighted by Crippen LogP contribution is 2.40. The average Bonchev–Trinajstić information content (AvgIpc) is 3.24. The molecule has 0 saturated carbocycles. The standard InChI is InChI=1S/C49H56ClN3O9/c1-30-24-42(56)45(35-18-22-44(61-7)40(27-35)39-26-31(11-21-43(39)60-6)25-38(29-54)52-46(30)57)53(5)47(58)36(10-8-9-23-51-48(59)62-49(2,3)4)28-41(55)34-14-12-32(13-15-34)33-16-19-37(50)20-17-33/h11-22,26-27,29-30,36,38,45H,8-10,23-25,28H2,1-7H3,(H,51,59)(H,52,57)/t30-,36-,38+,45+/m1/s1. The van der Waals surface area contributed by atoms with E-state index in [2.05, 4.69) is 10.6 Å². The Labute approximate surface area is 368 Å². The molecular formula is C49H56ClN3O9. The molecule has 0 aliphatic carbocycles. The zero-order valence-electron chi connectivity index (χ0n) is 36.4. The van der Waals surface area contributed by atoms with Crippen LogP contribution >= 0.6 is 11.6 Å². The van der Waals surface area contributed by atoms with E-state index in [0.29, 0.717) is 57.9 Å².